The molecule has 1 aromatic carbocycles. The highest BCUT2D eigenvalue weighted by Gasteiger charge is 1.98. The van der Waals surface area contributed by atoms with Crippen LogP contribution >= 0.6 is 0 Å². The van der Waals surface area contributed by atoms with Crippen molar-refractivity contribution in [3.63, 3.8) is 0 Å². The van der Waals surface area contributed by atoms with Crippen molar-refractivity contribution in [2.75, 3.05) is 0 Å². The third-order valence-corrected chi connectivity index (χ3v) is 1.89. The van der Waals surface area contributed by atoms with E-state index in [0.29, 0.717) is 0 Å². The topological polar surface area (TPSA) is 0 Å². The van der Waals surface area contributed by atoms with Gasteiger partial charge in [-0.1, -0.05) is 59.4 Å². The summed E-state index contributed by atoms with van der Waals surface area (Å²) in [7, 11) is 0. The molecule has 0 unspecified atom stereocenters. The highest BCUT2D eigenvalue weighted by Crippen LogP contribution is 2.11. The van der Waals surface area contributed by atoms with Gasteiger partial charge < -0.3 is 0 Å². The summed E-state index contributed by atoms with van der Waals surface area (Å²) in [6, 6.07) is 8.61. The Balaban J connectivity index is 0. The predicted molar refractivity (Wildman–Crippen MR) is 67.8 cm³/mol. The third kappa shape index (κ3) is 5.80. The Morgan fingerprint density at radius 3 is 2.00 bits per heavy atom. The molecule has 0 nitrogen and oxygen atoms in total. The molecule has 0 aliphatic heterocycles. The van der Waals surface area contributed by atoms with Crippen LogP contribution in [0.15, 0.2) is 24.3 Å². The van der Waals surface area contributed by atoms with E-state index in [0.717, 1.165) is 5.92 Å². The molecule has 0 amide bonds. The summed E-state index contributed by atoms with van der Waals surface area (Å²) in [6.07, 6.45) is 1.20. The Labute approximate surface area is 90.4 Å². The maximum absolute atomic E-state index is 2.26. The zero-order valence-electron chi connectivity index (χ0n) is 9.59. The van der Waals surface area contributed by atoms with Crippen molar-refractivity contribution in [1.82, 2.24) is 0 Å². The number of benzene rings is 1. The molecular formula is C14H26. The van der Waals surface area contributed by atoms with Crippen LogP contribution in [0.3, 0.4) is 0 Å². The minimum absolute atomic E-state index is 0. The van der Waals surface area contributed by atoms with E-state index in [1.807, 2.05) is 13.8 Å². The van der Waals surface area contributed by atoms with Crippen LogP contribution in [0.25, 0.3) is 0 Å². The van der Waals surface area contributed by atoms with Crippen LogP contribution in [-0.2, 0) is 6.42 Å². The number of rotatable bonds is 2. The molecule has 0 fully saturated rings. The Kier molecular flexibility index (Phi) is 9.86. The van der Waals surface area contributed by atoms with E-state index in [2.05, 4.69) is 45.0 Å². The summed E-state index contributed by atoms with van der Waals surface area (Å²) in [6.45, 7) is 10.7. The molecule has 1 aromatic rings. The van der Waals surface area contributed by atoms with E-state index < -0.39 is 0 Å². The third-order valence-electron chi connectivity index (χ3n) is 1.89. The molecule has 14 heavy (non-hydrogen) atoms. The molecule has 0 heterocycles. The molecule has 0 bridgehead atoms. The fraction of sp³-hybridized carbons (Fsp3) is 0.571. The molecular weight excluding hydrogens is 168 g/mol. The van der Waals surface area contributed by atoms with Gasteiger partial charge in [0.25, 0.3) is 0 Å². The number of hydrogen-bond donors (Lipinski definition) is 0. The SMILES string of the molecule is C.CC.Cc1ccccc1CC(C)C. The molecule has 0 radical (unpaired) electrons. The fourth-order valence-corrected chi connectivity index (χ4v) is 1.28. The largest absolute Gasteiger partial charge is 0.0776 e. The maximum Gasteiger partial charge on any atom is -0.0253 e. The molecule has 0 aliphatic carbocycles. The van der Waals surface area contributed by atoms with Crippen LogP contribution < -0.4 is 0 Å². The lowest BCUT2D eigenvalue weighted by Crippen LogP contribution is -1.95. The fourth-order valence-electron chi connectivity index (χ4n) is 1.28. The van der Waals surface area contributed by atoms with Gasteiger partial charge in [0.1, 0.15) is 0 Å². The smallest absolute Gasteiger partial charge is 0.0253 e. The van der Waals surface area contributed by atoms with Crippen molar-refractivity contribution in [2.24, 2.45) is 5.92 Å². The number of aryl methyl sites for hydroxylation is 1. The van der Waals surface area contributed by atoms with E-state index in [9.17, 15) is 0 Å². The first kappa shape index (κ1) is 15.7. The van der Waals surface area contributed by atoms with Gasteiger partial charge in [0.15, 0.2) is 0 Å². The summed E-state index contributed by atoms with van der Waals surface area (Å²) in [4.78, 5) is 0. The minimum atomic E-state index is 0. The van der Waals surface area contributed by atoms with Crippen LogP contribution in [-0.4, -0.2) is 0 Å². The summed E-state index contributed by atoms with van der Waals surface area (Å²) >= 11 is 0. The van der Waals surface area contributed by atoms with Gasteiger partial charge in [0, 0.05) is 0 Å². The highest BCUT2D eigenvalue weighted by atomic mass is 14.0. The van der Waals surface area contributed by atoms with Crippen molar-refractivity contribution >= 4 is 0 Å². The molecule has 0 atom stereocenters. The van der Waals surface area contributed by atoms with E-state index >= 15 is 0 Å². The van der Waals surface area contributed by atoms with Crippen LogP contribution in [0, 0.1) is 12.8 Å². The molecule has 0 N–H and O–H groups in total. The first-order chi connectivity index (χ1) is 6.20. The zero-order valence-corrected chi connectivity index (χ0v) is 9.59. The molecule has 82 valence electrons. The van der Waals surface area contributed by atoms with Gasteiger partial charge in [-0.05, 0) is 30.4 Å². The van der Waals surface area contributed by atoms with Crippen molar-refractivity contribution in [3.05, 3.63) is 35.4 Å². The standard InChI is InChI=1S/C11H16.C2H6.CH4/c1-9(2)8-11-7-5-4-6-10(11)3;1-2;/h4-7,9H,8H2,1-3H3;1-2H3;1H4. The van der Waals surface area contributed by atoms with Gasteiger partial charge in [-0.15, -0.1) is 0 Å². The molecule has 0 aliphatic rings. The molecule has 1 rings (SSSR count). The van der Waals surface area contributed by atoms with Crippen molar-refractivity contribution in [3.8, 4) is 0 Å². The van der Waals surface area contributed by atoms with Crippen LogP contribution in [0.1, 0.15) is 46.2 Å². The predicted octanol–water partition coefficient (Wildman–Crippen LogP) is 4.86. The van der Waals surface area contributed by atoms with Gasteiger partial charge in [-0.2, -0.15) is 0 Å². The second kappa shape index (κ2) is 8.80. The first-order valence-corrected chi connectivity index (χ1v) is 5.24. The van der Waals surface area contributed by atoms with Gasteiger partial charge in [-0.3, -0.25) is 0 Å². The van der Waals surface area contributed by atoms with Crippen LogP contribution in [0.2, 0.25) is 0 Å². The Morgan fingerprint density at radius 2 is 1.57 bits per heavy atom. The molecule has 0 spiro atoms. The van der Waals surface area contributed by atoms with Crippen LogP contribution in [0.4, 0.5) is 0 Å². The minimum Gasteiger partial charge on any atom is -0.0776 e. The van der Waals surface area contributed by atoms with Crippen LogP contribution in [0.5, 0.6) is 0 Å². The summed E-state index contributed by atoms with van der Waals surface area (Å²) in [5.74, 6) is 0.760. The molecule has 0 aromatic heterocycles. The van der Waals surface area contributed by atoms with Gasteiger partial charge in [0.2, 0.25) is 0 Å². The average Bonchev–Trinajstić information content (AvgIpc) is 2.12. The normalized spacial score (nSPS) is 8.71. The first-order valence-electron chi connectivity index (χ1n) is 5.24. The van der Waals surface area contributed by atoms with Gasteiger partial charge in [-0.25, -0.2) is 0 Å². The second-order valence-electron chi connectivity index (χ2n) is 3.52. The van der Waals surface area contributed by atoms with Crippen molar-refractivity contribution in [2.45, 2.75) is 48.5 Å². The van der Waals surface area contributed by atoms with E-state index in [1.165, 1.54) is 17.5 Å². The Bertz CT molecular complexity index is 223. The molecule has 0 heteroatoms. The summed E-state index contributed by atoms with van der Waals surface area (Å²) < 4.78 is 0. The quantitative estimate of drug-likeness (QED) is 0.631. The van der Waals surface area contributed by atoms with E-state index in [1.54, 1.807) is 0 Å². The van der Waals surface area contributed by atoms with Gasteiger partial charge in [0.05, 0.1) is 0 Å². The van der Waals surface area contributed by atoms with E-state index in [-0.39, 0.29) is 7.43 Å². The monoisotopic (exact) mass is 194 g/mol. The van der Waals surface area contributed by atoms with Gasteiger partial charge >= 0.3 is 0 Å². The maximum atomic E-state index is 2.26. The van der Waals surface area contributed by atoms with E-state index in [4.69, 9.17) is 0 Å². The summed E-state index contributed by atoms with van der Waals surface area (Å²) in [5.41, 5.74) is 2.91. The number of hydrogen-bond acceptors (Lipinski definition) is 0. The average molecular weight is 194 g/mol. The second-order valence-corrected chi connectivity index (χ2v) is 3.52. The lowest BCUT2D eigenvalue weighted by Gasteiger charge is -2.07. The van der Waals surface area contributed by atoms with Crippen molar-refractivity contribution < 1.29 is 0 Å². The Hall–Kier alpha value is -0.780. The van der Waals surface area contributed by atoms with Crippen molar-refractivity contribution in [1.29, 1.82) is 0 Å². The lowest BCUT2D eigenvalue weighted by atomic mass is 9.99. The Morgan fingerprint density at radius 1 is 1.07 bits per heavy atom. The molecule has 0 saturated heterocycles. The summed E-state index contributed by atoms with van der Waals surface area (Å²) in [5, 5.41) is 0. The zero-order chi connectivity index (χ0) is 10.3. The highest BCUT2D eigenvalue weighted by molar-refractivity contribution is 5.25. The lowest BCUT2D eigenvalue weighted by molar-refractivity contribution is 0.645. The molecule has 0 saturated carbocycles.